The van der Waals surface area contributed by atoms with E-state index in [0.717, 1.165) is 50.4 Å². The highest BCUT2D eigenvalue weighted by Crippen LogP contribution is 2.46. The largest absolute Gasteiger partial charge is 0.472 e. The molecule has 0 radical (unpaired) electrons. The maximum absolute atomic E-state index is 14.3. The molecule has 16 nitrogen and oxygen atoms in total. The van der Waals surface area contributed by atoms with Crippen molar-refractivity contribution in [3.05, 3.63) is 53.7 Å². The molecule has 1 aliphatic heterocycles. The summed E-state index contributed by atoms with van der Waals surface area (Å²) in [5.74, 6) is -0.682. The molecule has 3 heterocycles. The van der Waals surface area contributed by atoms with Crippen LogP contribution < -0.4 is 5.73 Å². The number of nitrogen functional groups attached to an aromatic ring is 1. The second-order valence-corrected chi connectivity index (χ2v) is 18.3. The number of phosphoric ester groups is 1. The summed E-state index contributed by atoms with van der Waals surface area (Å²) in [5, 5.41) is 36.0. The molecular weight excluding hydrogens is 796 g/mol. The van der Waals surface area contributed by atoms with Gasteiger partial charge in [0.25, 0.3) is 0 Å². The van der Waals surface area contributed by atoms with Gasteiger partial charge >= 0.3 is 7.82 Å². The number of nitrogens with two attached hydrogens (primary N) is 1. The number of anilines is 1. The number of hydrogen-bond donors (Lipinski definition) is 4. The lowest BCUT2D eigenvalue weighted by atomic mass is 9.92. The molecule has 324 valence electrons. The lowest BCUT2D eigenvalue weighted by Gasteiger charge is -2.24. The van der Waals surface area contributed by atoms with Crippen LogP contribution in [-0.4, -0.2) is 95.2 Å². The van der Waals surface area contributed by atoms with E-state index in [1.54, 1.807) is 0 Å². The first-order chi connectivity index (χ1) is 27.7. The number of ether oxygens (including phenoxy) is 3. The van der Waals surface area contributed by atoms with Crippen LogP contribution in [0.4, 0.5) is 10.2 Å². The van der Waals surface area contributed by atoms with Gasteiger partial charge in [-0.1, -0.05) is 90.4 Å². The lowest BCUT2D eigenvalue weighted by molar-refractivity contribution is -0.0690. The van der Waals surface area contributed by atoms with E-state index in [1.807, 2.05) is 6.07 Å². The van der Waals surface area contributed by atoms with E-state index in [2.05, 4.69) is 17.0 Å². The molecule has 1 unspecified atom stereocenters. The first-order valence-electron chi connectivity index (χ1n) is 20.1. The van der Waals surface area contributed by atoms with Crippen molar-refractivity contribution < 1.29 is 55.7 Å². The van der Waals surface area contributed by atoms with Gasteiger partial charge in [-0.25, -0.2) is 26.9 Å². The molecule has 1 fully saturated rings. The second-order valence-electron chi connectivity index (χ2n) is 14.8. The number of rotatable bonds is 28. The summed E-state index contributed by atoms with van der Waals surface area (Å²) in [6.07, 6.45) is 13.1. The number of aromatic nitrogens is 3. The average Bonchev–Trinajstić information content (AvgIpc) is 3.73. The van der Waals surface area contributed by atoms with Gasteiger partial charge in [0.1, 0.15) is 48.1 Å². The molecule has 6 atom stereocenters. The van der Waals surface area contributed by atoms with Crippen molar-refractivity contribution in [1.82, 2.24) is 14.6 Å². The Morgan fingerprint density at radius 1 is 1.00 bits per heavy atom. The molecule has 0 aliphatic carbocycles. The highest BCUT2D eigenvalue weighted by atomic mass is 32.2. The van der Waals surface area contributed by atoms with Crippen LogP contribution in [0.1, 0.15) is 108 Å². The van der Waals surface area contributed by atoms with Gasteiger partial charge in [0.05, 0.1) is 37.0 Å². The van der Waals surface area contributed by atoms with Crippen LogP contribution in [0.3, 0.4) is 0 Å². The maximum atomic E-state index is 14.3. The van der Waals surface area contributed by atoms with Crippen LogP contribution >= 0.6 is 7.82 Å². The molecule has 19 heteroatoms. The maximum Gasteiger partial charge on any atom is 0.472 e. The molecule has 58 heavy (non-hydrogen) atoms. The third-order valence-corrected chi connectivity index (χ3v) is 12.1. The SMILES string of the molecule is CCCCCCCCCCCCCCCCOC[C@H](COP(=O)(O)OC[C@H]1O[C@@](C#N)(c2ccc3c(N)ncnn23)[C@H](O)[C@@H]1O)OCc1cc(F)cc(S(C)(=O)=O)c1. The number of nitrogens with zero attached hydrogens (tertiary/aromatic N) is 4. The zero-order chi connectivity index (χ0) is 42.2. The normalized spacial score (nSPS) is 21.3. The molecule has 3 aromatic rings. The standard InChI is InChI=1S/C39H59FN5O11PS/c1-3-4-5-6-7-8-9-10-11-12-13-14-15-16-19-52-24-31(53-23-29-20-30(40)22-32(21-29)58(2,50)51)25-54-57(48,49)55-26-34-36(46)37(47)39(27-41,56-34)35-18-17-33-38(42)43-28-44-45(33)35/h17-18,20-22,28,31,34,36-37,46-47H,3-16,19,23-26H2,1-2H3,(H,48,49)(H2,42,43,44)/t31-,34-,36-,37-,39+/m1/s1. The molecule has 5 N–H and O–H groups in total. The number of benzene rings is 1. The van der Waals surface area contributed by atoms with Crippen LogP contribution in [-0.2, 0) is 49.9 Å². The molecule has 2 aromatic heterocycles. The summed E-state index contributed by atoms with van der Waals surface area (Å²) in [4.78, 5) is 14.2. The molecular formula is C39H59FN5O11PS. The van der Waals surface area contributed by atoms with Crippen LogP contribution in [0.15, 0.2) is 41.6 Å². The van der Waals surface area contributed by atoms with E-state index >= 15 is 0 Å². The molecule has 1 aromatic carbocycles. The number of unbranched alkanes of at least 4 members (excludes halogenated alkanes) is 13. The predicted octanol–water partition coefficient (Wildman–Crippen LogP) is 5.91. The van der Waals surface area contributed by atoms with E-state index in [1.165, 1.54) is 86.9 Å². The van der Waals surface area contributed by atoms with Crippen molar-refractivity contribution in [2.45, 2.75) is 138 Å². The second kappa shape index (κ2) is 23.1. The van der Waals surface area contributed by atoms with E-state index in [-0.39, 0.29) is 35.2 Å². The average molecular weight is 856 g/mol. The Morgan fingerprint density at radius 2 is 1.64 bits per heavy atom. The van der Waals surface area contributed by atoms with Gasteiger partial charge in [0.15, 0.2) is 15.7 Å². The Hall–Kier alpha value is -3.08. The fraction of sp³-hybridized carbons (Fsp3) is 0.667. The van der Waals surface area contributed by atoms with Crippen LogP contribution in [0.2, 0.25) is 0 Å². The number of nitriles is 1. The van der Waals surface area contributed by atoms with Crippen molar-refractivity contribution in [1.29, 1.82) is 5.26 Å². The Bertz CT molecular complexity index is 1930. The van der Waals surface area contributed by atoms with Crippen molar-refractivity contribution in [2.75, 3.05) is 38.4 Å². The third-order valence-electron chi connectivity index (χ3n) is 10.1. The number of hydrogen-bond acceptors (Lipinski definition) is 14. The Morgan fingerprint density at radius 3 is 2.26 bits per heavy atom. The zero-order valence-electron chi connectivity index (χ0n) is 33.4. The molecule has 0 spiro atoms. The predicted molar refractivity (Wildman–Crippen MR) is 213 cm³/mol. The van der Waals surface area contributed by atoms with Crippen LogP contribution in [0.5, 0.6) is 0 Å². The summed E-state index contributed by atoms with van der Waals surface area (Å²) < 4.78 is 80.5. The van der Waals surface area contributed by atoms with Crippen LogP contribution in [0, 0.1) is 17.1 Å². The van der Waals surface area contributed by atoms with Gasteiger partial charge in [-0.05, 0) is 42.3 Å². The zero-order valence-corrected chi connectivity index (χ0v) is 35.1. The quantitative estimate of drug-likeness (QED) is 0.0491. The van der Waals surface area contributed by atoms with Gasteiger partial charge in [0, 0.05) is 12.9 Å². The van der Waals surface area contributed by atoms with Crippen molar-refractivity contribution in [2.24, 2.45) is 0 Å². The van der Waals surface area contributed by atoms with E-state index in [4.69, 9.17) is 29.0 Å². The third kappa shape index (κ3) is 14.0. The summed E-state index contributed by atoms with van der Waals surface area (Å²) in [6.45, 7) is 0.973. The van der Waals surface area contributed by atoms with Gasteiger partial charge in [-0.3, -0.25) is 9.05 Å². The number of halogens is 1. The monoisotopic (exact) mass is 855 g/mol. The number of sulfone groups is 1. The Balaban J connectivity index is 1.26. The highest BCUT2D eigenvalue weighted by molar-refractivity contribution is 7.90. The van der Waals surface area contributed by atoms with Gasteiger partial charge < -0.3 is 35.1 Å². The smallest absolute Gasteiger partial charge is 0.387 e. The Labute approximate surface area is 340 Å². The summed E-state index contributed by atoms with van der Waals surface area (Å²) in [7, 11) is -8.60. The van der Waals surface area contributed by atoms with Crippen molar-refractivity contribution >= 4 is 29.0 Å². The van der Waals surface area contributed by atoms with Crippen LogP contribution in [0.25, 0.3) is 5.52 Å². The van der Waals surface area contributed by atoms with Gasteiger partial charge in [-0.15, -0.1) is 0 Å². The fourth-order valence-corrected chi connectivity index (χ4v) is 8.28. The van der Waals surface area contributed by atoms with E-state index in [0.29, 0.717) is 12.1 Å². The molecule has 0 bridgehead atoms. The Kier molecular flexibility index (Phi) is 18.9. The molecule has 0 amide bonds. The minimum absolute atomic E-state index is 0.0348. The number of aliphatic hydroxyl groups is 2. The summed E-state index contributed by atoms with van der Waals surface area (Å²) in [6, 6.07) is 8.09. The summed E-state index contributed by atoms with van der Waals surface area (Å²) in [5.41, 5.74) is 4.30. The first kappa shape index (κ1) is 47.6. The molecule has 4 rings (SSSR count). The van der Waals surface area contributed by atoms with Crippen molar-refractivity contribution in [3.8, 4) is 6.07 Å². The van der Waals surface area contributed by atoms with Gasteiger partial charge in [-0.2, -0.15) is 10.4 Å². The van der Waals surface area contributed by atoms with E-state index < -0.39 is 66.7 Å². The number of phosphoric acid groups is 1. The molecule has 1 saturated heterocycles. The van der Waals surface area contributed by atoms with Gasteiger partial charge in [0.2, 0.25) is 5.60 Å². The first-order valence-corrected chi connectivity index (χ1v) is 23.4. The number of fused-ring (bicyclic) bond motifs is 1. The molecule has 1 aliphatic rings. The fourth-order valence-electron chi connectivity index (χ4n) is 6.82. The minimum atomic E-state index is -4.88. The topological polar surface area (TPSA) is 238 Å². The lowest BCUT2D eigenvalue weighted by Crippen LogP contribution is -2.41. The highest BCUT2D eigenvalue weighted by Gasteiger charge is 2.58. The minimum Gasteiger partial charge on any atom is -0.387 e. The van der Waals surface area contributed by atoms with E-state index in [9.17, 15) is 37.7 Å². The summed E-state index contributed by atoms with van der Waals surface area (Å²) >= 11 is 0. The van der Waals surface area contributed by atoms with Crippen molar-refractivity contribution in [3.63, 3.8) is 0 Å². The number of aliphatic hydroxyl groups excluding tert-OH is 2. The molecule has 0 saturated carbocycles.